The van der Waals surface area contributed by atoms with Crippen LogP contribution in [0.2, 0.25) is 0 Å². The predicted molar refractivity (Wildman–Crippen MR) is 98.1 cm³/mol. The zero-order chi connectivity index (χ0) is 19.3. The topological polar surface area (TPSA) is 75.3 Å². The van der Waals surface area contributed by atoms with Gasteiger partial charge >= 0.3 is 13.2 Å². The van der Waals surface area contributed by atoms with Gasteiger partial charge in [-0.05, 0) is 54.5 Å². The number of rotatable bonds is 2. The first kappa shape index (κ1) is 18.9. The average Bonchev–Trinajstić information content (AvgIpc) is 3.00. The first-order valence-electron chi connectivity index (χ1n) is 8.68. The highest BCUT2D eigenvalue weighted by atomic mass is 16.7. The summed E-state index contributed by atoms with van der Waals surface area (Å²) in [6.07, 6.45) is -0.557. The SMILES string of the molecule is CC(C)(C)OC(=O)Nc1ccc(B2OC(C)(C)C(C)(C)O2)c2c1OCO2. The standard InChI is InChI=1S/C18H26BNO6/c1-16(2,3)24-15(21)20-12-9-8-11(13-14(12)23-10-22-13)19-25-17(4,5)18(6,7)26-19/h8-9H,10H2,1-7H3,(H,20,21). The van der Waals surface area contributed by atoms with Crippen molar-refractivity contribution in [3.8, 4) is 11.5 Å². The molecule has 0 bridgehead atoms. The summed E-state index contributed by atoms with van der Waals surface area (Å²) in [6.45, 7) is 13.4. The number of anilines is 1. The largest absolute Gasteiger partial charge is 0.498 e. The third-order valence-electron chi connectivity index (χ3n) is 4.69. The van der Waals surface area contributed by atoms with Crippen LogP contribution < -0.4 is 20.3 Å². The van der Waals surface area contributed by atoms with Gasteiger partial charge in [-0.2, -0.15) is 0 Å². The fourth-order valence-electron chi connectivity index (χ4n) is 2.69. The first-order valence-corrected chi connectivity index (χ1v) is 8.68. The minimum absolute atomic E-state index is 0.0643. The smallest absolute Gasteiger partial charge is 0.454 e. The molecule has 1 N–H and O–H groups in total. The molecule has 8 heteroatoms. The van der Waals surface area contributed by atoms with Gasteiger partial charge in [0.15, 0.2) is 11.5 Å². The predicted octanol–water partition coefficient (Wildman–Crippen LogP) is 3.06. The molecule has 1 saturated heterocycles. The van der Waals surface area contributed by atoms with Gasteiger partial charge in [-0.15, -0.1) is 0 Å². The lowest BCUT2D eigenvalue weighted by Crippen LogP contribution is -2.41. The quantitative estimate of drug-likeness (QED) is 0.814. The first-order chi connectivity index (χ1) is 11.9. The number of benzene rings is 1. The maximum Gasteiger partial charge on any atom is 0.498 e. The second-order valence-electron chi connectivity index (χ2n) is 8.48. The van der Waals surface area contributed by atoms with Crippen LogP contribution in [0.4, 0.5) is 10.5 Å². The van der Waals surface area contributed by atoms with E-state index in [2.05, 4.69) is 5.32 Å². The molecule has 2 aliphatic heterocycles. The highest BCUT2D eigenvalue weighted by Crippen LogP contribution is 2.42. The molecule has 1 amide bonds. The van der Waals surface area contributed by atoms with Crippen LogP contribution in [0.25, 0.3) is 0 Å². The van der Waals surface area contributed by atoms with E-state index in [-0.39, 0.29) is 6.79 Å². The fourth-order valence-corrected chi connectivity index (χ4v) is 2.69. The molecule has 1 fully saturated rings. The molecular formula is C18H26BNO6. The Labute approximate surface area is 154 Å². The van der Waals surface area contributed by atoms with Gasteiger partial charge in [0, 0.05) is 5.46 Å². The van der Waals surface area contributed by atoms with Gasteiger partial charge in [0.05, 0.1) is 16.9 Å². The maximum absolute atomic E-state index is 12.1. The van der Waals surface area contributed by atoms with E-state index in [1.165, 1.54) is 0 Å². The van der Waals surface area contributed by atoms with Gasteiger partial charge in [-0.3, -0.25) is 5.32 Å². The number of amides is 1. The van der Waals surface area contributed by atoms with Crippen molar-refractivity contribution in [3.05, 3.63) is 12.1 Å². The van der Waals surface area contributed by atoms with Crippen LogP contribution in [-0.2, 0) is 14.0 Å². The Morgan fingerprint density at radius 2 is 1.65 bits per heavy atom. The number of hydrogen-bond donors (Lipinski definition) is 1. The number of carbonyl (C=O) groups excluding carboxylic acids is 1. The van der Waals surface area contributed by atoms with Crippen molar-refractivity contribution in [1.82, 2.24) is 0 Å². The Bertz CT molecular complexity index is 709. The van der Waals surface area contributed by atoms with Gasteiger partial charge in [0.2, 0.25) is 6.79 Å². The molecule has 7 nitrogen and oxygen atoms in total. The molecule has 0 saturated carbocycles. The molecule has 1 aromatic carbocycles. The number of hydrogen-bond acceptors (Lipinski definition) is 6. The third-order valence-corrected chi connectivity index (χ3v) is 4.69. The van der Waals surface area contributed by atoms with Crippen molar-refractivity contribution in [2.24, 2.45) is 0 Å². The van der Waals surface area contributed by atoms with Crippen molar-refractivity contribution >= 4 is 24.4 Å². The van der Waals surface area contributed by atoms with Crippen LogP contribution in [-0.4, -0.2) is 36.8 Å². The lowest BCUT2D eigenvalue weighted by atomic mass is 9.78. The zero-order valence-electron chi connectivity index (χ0n) is 16.4. The van der Waals surface area contributed by atoms with Gasteiger partial charge in [0.1, 0.15) is 5.60 Å². The van der Waals surface area contributed by atoms with E-state index in [1.807, 2.05) is 33.8 Å². The molecule has 0 aromatic heterocycles. The lowest BCUT2D eigenvalue weighted by Gasteiger charge is -2.32. The van der Waals surface area contributed by atoms with Crippen molar-refractivity contribution in [1.29, 1.82) is 0 Å². The van der Waals surface area contributed by atoms with E-state index in [0.29, 0.717) is 17.2 Å². The summed E-state index contributed by atoms with van der Waals surface area (Å²) in [7, 11) is -0.578. The Hall–Kier alpha value is -1.93. The summed E-state index contributed by atoms with van der Waals surface area (Å²) in [6, 6.07) is 3.54. The maximum atomic E-state index is 12.1. The molecule has 2 heterocycles. The van der Waals surface area contributed by atoms with Gasteiger partial charge in [-0.25, -0.2) is 4.79 Å². The zero-order valence-corrected chi connectivity index (χ0v) is 16.4. The average molecular weight is 363 g/mol. The monoisotopic (exact) mass is 363 g/mol. The molecule has 0 radical (unpaired) electrons. The summed E-state index contributed by atoms with van der Waals surface area (Å²) in [4.78, 5) is 12.1. The van der Waals surface area contributed by atoms with Crippen LogP contribution in [0.3, 0.4) is 0 Å². The summed E-state index contributed by atoms with van der Waals surface area (Å²) in [5.41, 5.74) is -0.305. The molecule has 0 spiro atoms. The third kappa shape index (κ3) is 3.48. The van der Waals surface area contributed by atoms with E-state index in [4.69, 9.17) is 23.5 Å². The van der Waals surface area contributed by atoms with Gasteiger partial charge in [0.25, 0.3) is 0 Å². The van der Waals surface area contributed by atoms with Crippen LogP contribution in [0, 0.1) is 0 Å². The van der Waals surface area contributed by atoms with Crippen LogP contribution in [0.1, 0.15) is 48.5 Å². The minimum atomic E-state index is -0.590. The summed E-state index contributed by atoms with van der Waals surface area (Å²) < 4.78 is 28.7. The molecule has 1 aromatic rings. The van der Waals surface area contributed by atoms with E-state index in [0.717, 1.165) is 5.46 Å². The molecule has 0 atom stereocenters. The van der Waals surface area contributed by atoms with Crippen LogP contribution >= 0.6 is 0 Å². The fraction of sp³-hybridized carbons (Fsp3) is 0.611. The molecule has 2 aliphatic rings. The molecule has 26 heavy (non-hydrogen) atoms. The normalized spacial score (nSPS) is 20.2. The highest BCUT2D eigenvalue weighted by Gasteiger charge is 2.53. The van der Waals surface area contributed by atoms with Gasteiger partial charge < -0.3 is 23.5 Å². The van der Waals surface area contributed by atoms with Crippen molar-refractivity contribution < 1.29 is 28.3 Å². The van der Waals surface area contributed by atoms with Crippen molar-refractivity contribution in [2.45, 2.75) is 65.3 Å². The molecular weight excluding hydrogens is 337 g/mol. The van der Waals surface area contributed by atoms with E-state index in [9.17, 15) is 4.79 Å². The molecule has 0 aliphatic carbocycles. The van der Waals surface area contributed by atoms with Crippen LogP contribution in [0.15, 0.2) is 12.1 Å². The summed E-state index contributed by atoms with van der Waals surface area (Å²) >= 11 is 0. The van der Waals surface area contributed by atoms with E-state index in [1.54, 1.807) is 26.8 Å². The number of carbonyl (C=O) groups is 1. The molecule has 3 rings (SSSR count). The molecule has 142 valence electrons. The van der Waals surface area contributed by atoms with Gasteiger partial charge in [-0.1, -0.05) is 6.07 Å². The van der Waals surface area contributed by atoms with Crippen molar-refractivity contribution in [2.75, 3.05) is 12.1 Å². The lowest BCUT2D eigenvalue weighted by molar-refractivity contribution is 0.00578. The second kappa shape index (κ2) is 6.06. The summed E-state index contributed by atoms with van der Waals surface area (Å²) in [5, 5.41) is 2.70. The summed E-state index contributed by atoms with van der Waals surface area (Å²) in [5.74, 6) is 0.958. The number of fused-ring (bicyclic) bond motifs is 1. The minimum Gasteiger partial charge on any atom is -0.454 e. The Kier molecular flexibility index (Phi) is 4.39. The number of ether oxygens (including phenoxy) is 3. The Balaban J connectivity index is 1.86. The van der Waals surface area contributed by atoms with Crippen molar-refractivity contribution in [3.63, 3.8) is 0 Å². The van der Waals surface area contributed by atoms with E-state index < -0.39 is 30.0 Å². The Morgan fingerprint density at radius 1 is 1.08 bits per heavy atom. The number of nitrogens with one attached hydrogen (secondary N) is 1. The Morgan fingerprint density at radius 3 is 2.23 bits per heavy atom. The molecule has 0 unspecified atom stereocenters. The second-order valence-corrected chi connectivity index (χ2v) is 8.48. The van der Waals surface area contributed by atoms with E-state index >= 15 is 0 Å². The van der Waals surface area contributed by atoms with Crippen LogP contribution in [0.5, 0.6) is 11.5 Å². The highest BCUT2D eigenvalue weighted by molar-refractivity contribution is 6.63.